The number of rotatable bonds is 3. The number of fused-ring (bicyclic) bond motifs is 1. The van der Waals surface area contributed by atoms with Gasteiger partial charge in [-0.25, -0.2) is 0 Å². The average Bonchev–Trinajstić information content (AvgIpc) is 3.00. The summed E-state index contributed by atoms with van der Waals surface area (Å²) < 4.78 is 5.10. The maximum atomic E-state index is 11.9. The van der Waals surface area contributed by atoms with Crippen LogP contribution >= 0.6 is 0 Å². The predicted molar refractivity (Wildman–Crippen MR) is 75.4 cm³/mol. The standard InChI is InChI=1S/C16H16N2O2/c19-16(15-2-1-7-20-15)17-13-4-3-11-9-18(14-5-6-14)10-12(11)8-13/h1-4,7-8,14H,5-6,9-10H2,(H,17,19). The van der Waals surface area contributed by atoms with Crippen molar-refractivity contribution in [3.8, 4) is 0 Å². The van der Waals surface area contributed by atoms with Gasteiger partial charge in [-0.3, -0.25) is 9.69 Å². The van der Waals surface area contributed by atoms with Gasteiger partial charge in [0.15, 0.2) is 5.76 Å². The highest BCUT2D eigenvalue weighted by Crippen LogP contribution is 2.35. The Morgan fingerprint density at radius 1 is 1.20 bits per heavy atom. The number of carbonyl (C=O) groups is 1. The van der Waals surface area contributed by atoms with Crippen LogP contribution < -0.4 is 5.32 Å². The lowest BCUT2D eigenvalue weighted by atomic mass is 10.1. The van der Waals surface area contributed by atoms with Gasteiger partial charge in [0.2, 0.25) is 0 Å². The Hall–Kier alpha value is -2.07. The summed E-state index contributed by atoms with van der Waals surface area (Å²) in [5.41, 5.74) is 3.55. The number of carbonyl (C=O) groups excluding carboxylic acids is 1. The molecule has 0 radical (unpaired) electrons. The Labute approximate surface area is 117 Å². The molecule has 4 heteroatoms. The molecule has 1 aromatic carbocycles. The van der Waals surface area contributed by atoms with Crippen molar-refractivity contribution in [2.75, 3.05) is 5.32 Å². The quantitative estimate of drug-likeness (QED) is 0.930. The second-order valence-corrected chi connectivity index (χ2v) is 5.55. The SMILES string of the molecule is O=C(Nc1ccc2c(c1)CN(C1CC1)C2)c1ccco1. The number of nitrogens with zero attached hydrogens (tertiary/aromatic N) is 1. The van der Waals surface area contributed by atoms with Crippen LogP contribution in [-0.2, 0) is 13.1 Å². The van der Waals surface area contributed by atoms with E-state index in [1.54, 1.807) is 12.1 Å². The highest BCUT2D eigenvalue weighted by molar-refractivity contribution is 6.02. The normalized spacial score (nSPS) is 18.0. The van der Waals surface area contributed by atoms with Crippen LogP contribution in [0.3, 0.4) is 0 Å². The second kappa shape index (κ2) is 4.49. The molecule has 0 spiro atoms. The molecule has 4 rings (SSSR count). The van der Waals surface area contributed by atoms with Crippen LogP contribution in [0.15, 0.2) is 41.0 Å². The molecule has 4 nitrogen and oxygen atoms in total. The molecule has 2 heterocycles. The fourth-order valence-corrected chi connectivity index (χ4v) is 2.80. The molecule has 1 saturated carbocycles. The molecule has 20 heavy (non-hydrogen) atoms. The van der Waals surface area contributed by atoms with E-state index in [1.165, 1.54) is 30.2 Å². The van der Waals surface area contributed by atoms with Gasteiger partial charge >= 0.3 is 0 Å². The minimum absolute atomic E-state index is 0.202. The molecule has 1 amide bonds. The third kappa shape index (κ3) is 2.12. The summed E-state index contributed by atoms with van der Waals surface area (Å²) in [5, 5.41) is 2.88. The first-order valence-corrected chi connectivity index (χ1v) is 7.00. The molecule has 0 saturated heterocycles. The van der Waals surface area contributed by atoms with Gasteiger partial charge < -0.3 is 9.73 Å². The zero-order valence-electron chi connectivity index (χ0n) is 11.1. The van der Waals surface area contributed by atoms with E-state index in [-0.39, 0.29) is 5.91 Å². The molecule has 2 aliphatic rings. The summed E-state index contributed by atoms with van der Waals surface area (Å²) in [4.78, 5) is 14.5. The van der Waals surface area contributed by atoms with Crippen LogP contribution in [0.2, 0.25) is 0 Å². The minimum Gasteiger partial charge on any atom is -0.459 e. The first-order chi connectivity index (χ1) is 9.79. The maximum absolute atomic E-state index is 11.9. The van der Waals surface area contributed by atoms with Crippen LogP contribution in [0.5, 0.6) is 0 Å². The lowest BCUT2D eigenvalue weighted by molar-refractivity contribution is 0.0996. The number of benzene rings is 1. The van der Waals surface area contributed by atoms with Crippen LogP contribution in [0.4, 0.5) is 5.69 Å². The van der Waals surface area contributed by atoms with Gasteiger partial charge in [-0.2, -0.15) is 0 Å². The van der Waals surface area contributed by atoms with Crippen LogP contribution in [0.1, 0.15) is 34.5 Å². The van der Waals surface area contributed by atoms with Crippen molar-refractivity contribution in [1.82, 2.24) is 4.90 Å². The van der Waals surface area contributed by atoms with E-state index in [0.29, 0.717) is 5.76 Å². The van der Waals surface area contributed by atoms with E-state index >= 15 is 0 Å². The Morgan fingerprint density at radius 2 is 2.05 bits per heavy atom. The summed E-state index contributed by atoms with van der Waals surface area (Å²) in [7, 11) is 0. The van der Waals surface area contributed by atoms with E-state index in [4.69, 9.17) is 4.42 Å². The zero-order chi connectivity index (χ0) is 13.5. The van der Waals surface area contributed by atoms with Crippen LogP contribution in [0.25, 0.3) is 0 Å². The highest BCUT2D eigenvalue weighted by Gasteiger charge is 2.32. The second-order valence-electron chi connectivity index (χ2n) is 5.55. The van der Waals surface area contributed by atoms with Crippen molar-refractivity contribution < 1.29 is 9.21 Å². The summed E-state index contributed by atoms with van der Waals surface area (Å²) in [6.45, 7) is 2.05. The number of amides is 1. The van der Waals surface area contributed by atoms with Gasteiger partial charge in [-0.15, -0.1) is 0 Å². The fourth-order valence-electron chi connectivity index (χ4n) is 2.80. The average molecular weight is 268 g/mol. The van der Waals surface area contributed by atoms with E-state index in [0.717, 1.165) is 24.8 Å². The lowest BCUT2D eigenvalue weighted by Crippen LogP contribution is -2.18. The molecule has 0 atom stereocenters. The fraction of sp³-hybridized carbons (Fsp3) is 0.312. The number of hydrogen-bond donors (Lipinski definition) is 1. The number of furan rings is 1. The molecule has 1 aliphatic carbocycles. The van der Waals surface area contributed by atoms with Gasteiger partial charge in [0.25, 0.3) is 5.91 Å². The smallest absolute Gasteiger partial charge is 0.291 e. The first-order valence-electron chi connectivity index (χ1n) is 7.00. The molecule has 0 bridgehead atoms. The largest absolute Gasteiger partial charge is 0.459 e. The van der Waals surface area contributed by atoms with Crippen LogP contribution in [0, 0.1) is 0 Å². The molecular weight excluding hydrogens is 252 g/mol. The van der Waals surface area contributed by atoms with Gasteiger partial charge in [-0.1, -0.05) is 6.07 Å². The summed E-state index contributed by atoms with van der Waals surface area (Å²) in [6, 6.07) is 10.3. The molecule has 2 aromatic rings. The third-order valence-corrected chi connectivity index (χ3v) is 4.02. The van der Waals surface area contributed by atoms with Crippen LogP contribution in [-0.4, -0.2) is 16.8 Å². The van der Waals surface area contributed by atoms with E-state index in [9.17, 15) is 4.79 Å². The zero-order valence-corrected chi connectivity index (χ0v) is 11.1. The summed E-state index contributed by atoms with van der Waals surface area (Å²) >= 11 is 0. The number of hydrogen-bond acceptors (Lipinski definition) is 3. The molecule has 1 aliphatic heterocycles. The van der Waals surface area contributed by atoms with Gasteiger partial charge in [0.05, 0.1) is 6.26 Å². The van der Waals surface area contributed by atoms with Gasteiger partial charge in [0, 0.05) is 24.8 Å². The van der Waals surface area contributed by atoms with Crippen molar-refractivity contribution in [1.29, 1.82) is 0 Å². The molecular formula is C16H16N2O2. The highest BCUT2D eigenvalue weighted by atomic mass is 16.3. The predicted octanol–water partition coefficient (Wildman–Crippen LogP) is 3.01. The molecule has 1 aromatic heterocycles. The summed E-state index contributed by atoms with van der Waals surface area (Å²) in [6.07, 6.45) is 4.16. The molecule has 0 unspecified atom stereocenters. The van der Waals surface area contributed by atoms with Crippen molar-refractivity contribution in [2.45, 2.75) is 32.0 Å². The van der Waals surface area contributed by atoms with Crippen molar-refractivity contribution in [3.63, 3.8) is 0 Å². The maximum Gasteiger partial charge on any atom is 0.291 e. The topological polar surface area (TPSA) is 45.5 Å². The monoisotopic (exact) mass is 268 g/mol. The minimum atomic E-state index is -0.202. The summed E-state index contributed by atoms with van der Waals surface area (Å²) in [5.74, 6) is 0.136. The molecule has 102 valence electrons. The Morgan fingerprint density at radius 3 is 2.80 bits per heavy atom. The van der Waals surface area contributed by atoms with Crippen molar-refractivity contribution >= 4 is 11.6 Å². The Kier molecular flexibility index (Phi) is 2.63. The van der Waals surface area contributed by atoms with E-state index in [1.807, 2.05) is 6.07 Å². The van der Waals surface area contributed by atoms with E-state index in [2.05, 4.69) is 22.3 Å². The third-order valence-electron chi connectivity index (χ3n) is 4.02. The molecule has 1 fully saturated rings. The van der Waals surface area contributed by atoms with Gasteiger partial charge in [0.1, 0.15) is 0 Å². The Bertz CT molecular complexity index is 645. The van der Waals surface area contributed by atoms with E-state index < -0.39 is 0 Å². The Balaban J connectivity index is 1.50. The van der Waals surface area contributed by atoms with Crippen molar-refractivity contribution in [3.05, 3.63) is 53.5 Å². The van der Waals surface area contributed by atoms with Gasteiger partial charge in [-0.05, 0) is 48.2 Å². The first kappa shape index (κ1) is 11.7. The molecule has 1 N–H and O–H groups in total. The lowest BCUT2D eigenvalue weighted by Gasteiger charge is -2.11. The van der Waals surface area contributed by atoms with Crippen molar-refractivity contribution in [2.24, 2.45) is 0 Å². The number of anilines is 1. The number of nitrogens with one attached hydrogen (secondary N) is 1.